The summed E-state index contributed by atoms with van der Waals surface area (Å²) in [5.41, 5.74) is 0.545. The van der Waals surface area contributed by atoms with Crippen molar-refractivity contribution in [3.63, 3.8) is 0 Å². The van der Waals surface area contributed by atoms with Crippen molar-refractivity contribution < 1.29 is 17.6 Å². The van der Waals surface area contributed by atoms with E-state index < -0.39 is 9.84 Å². The average molecular weight is 378 g/mol. The van der Waals surface area contributed by atoms with Gasteiger partial charge in [-0.15, -0.1) is 0 Å². The Kier molecular flexibility index (Phi) is 5.67. The van der Waals surface area contributed by atoms with Crippen molar-refractivity contribution in [2.75, 3.05) is 25.9 Å². The molecular weight excluding hydrogens is 356 g/mol. The number of nitrogens with zero attached hydrogens (tertiary/aromatic N) is 3. The third-order valence-corrected chi connectivity index (χ3v) is 5.52. The Morgan fingerprint density at radius 2 is 2.31 bits per heavy atom. The summed E-state index contributed by atoms with van der Waals surface area (Å²) in [6, 6.07) is 3.58. The van der Waals surface area contributed by atoms with E-state index in [1.165, 1.54) is 12.5 Å². The van der Waals surface area contributed by atoms with Gasteiger partial charge in [0.05, 0.1) is 25.0 Å². The first-order valence-electron chi connectivity index (χ1n) is 8.45. The molecule has 26 heavy (non-hydrogen) atoms. The topological polar surface area (TPSA) is 105 Å². The molecule has 0 spiro atoms. The molecule has 9 heteroatoms. The molecule has 8 nitrogen and oxygen atoms in total. The predicted molar refractivity (Wildman–Crippen MR) is 94.1 cm³/mol. The molecule has 140 valence electrons. The SMILES string of the molecule is CS(=O)(=O)c1cncnc1[C@H]1CCCN(CC(=O)NCc2ccco2)C1. The number of carbonyl (C=O) groups is 1. The van der Waals surface area contributed by atoms with E-state index in [1.807, 2.05) is 4.90 Å². The Balaban J connectivity index is 1.62. The molecule has 1 atom stereocenters. The standard InChI is InChI=1S/C17H22N4O4S/c1-26(23,24)15-9-18-12-20-17(15)13-4-2-6-21(10-13)11-16(22)19-8-14-5-3-7-25-14/h3,5,7,9,12-13H,2,4,6,8,10-11H2,1H3,(H,19,22)/t13-/m0/s1. The molecule has 1 amide bonds. The van der Waals surface area contributed by atoms with Crippen molar-refractivity contribution in [2.45, 2.75) is 30.2 Å². The summed E-state index contributed by atoms with van der Waals surface area (Å²) in [4.78, 5) is 22.4. The molecule has 1 N–H and O–H groups in total. The molecule has 0 aromatic carbocycles. The summed E-state index contributed by atoms with van der Waals surface area (Å²) in [6.45, 7) is 2.00. The normalized spacial score (nSPS) is 18.6. The maximum atomic E-state index is 12.2. The molecule has 1 fully saturated rings. The highest BCUT2D eigenvalue weighted by Gasteiger charge is 2.28. The van der Waals surface area contributed by atoms with E-state index in [0.29, 0.717) is 24.5 Å². The summed E-state index contributed by atoms with van der Waals surface area (Å²) in [7, 11) is -3.39. The molecule has 3 rings (SSSR count). The van der Waals surface area contributed by atoms with Crippen molar-refractivity contribution in [1.29, 1.82) is 0 Å². The van der Waals surface area contributed by atoms with Gasteiger partial charge < -0.3 is 9.73 Å². The Hall–Kier alpha value is -2.26. The quantitative estimate of drug-likeness (QED) is 0.798. The van der Waals surface area contributed by atoms with Gasteiger partial charge in [0.1, 0.15) is 17.0 Å². The zero-order valence-corrected chi connectivity index (χ0v) is 15.4. The highest BCUT2D eigenvalue weighted by Crippen LogP contribution is 2.29. The van der Waals surface area contributed by atoms with Crippen molar-refractivity contribution in [3.8, 4) is 0 Å². The Morgan fingerprint density at radius 1 is 1.46 bits per heavy atom. The van der Waals surface area contributed by atoms with Crippen LogP contribution in [0.25, 0.3) is 0 Å². The van der Waals surface area contributed by atoms with Crippen molar-refractivity contribution >= 4 is 15.7 Å². The Bertz CT molecular complexity index is 851. The molecule has 1 aliphatic heterocycles. The molecule has 0 saturated carbocycles. The molecule has 1 saturated heterocycles. The number of nitrogens with one attached hydrogen (secondary N) is 1. The zero-order chi connectivity index (χ0) is 18.6. The van der Waals surface area contributed by atoms with Crippen LogP contribution in [0.5, 0.6) is 0 Å². The van der Waals surface area contributed by atoms with Crippen LogP contribution in [-0.4, -0.2) is 55.1 Å². The van der Waals surface area contributed by atoms with Gasteiger partial charge in [0.2, 0.25) is 5.91 Å². The summed E-state index contributed by atoms with van der Waals surface area (Å²) < 4.78 is 29.2. The molecule has 1 aliphatic rings. The minimum absolute atomic E-state index is 0.0330. The van der Waals surface area contributed by atoms with E-state index in [1.54, 1.807) is 18.4 Å². The lowest BCUT2D eigenvalue weighted by Gasteiger charge is -2.32. The third-order valence-electron chi connectivity index (χ3n) is 4.41. The number of likely N-dealkylation sites (tertiary alicyclic amines) is 1. The Labute approximate surface area is 152 Å². The number of rotatable bonds is 6. The van der Waals surface area contributed by atoms with Gasteiger partial charge in [-0.05, 0) is 31.5 Å². The molecule has 2 aromatic heterocycles. The maximum Gasteiger partial charge on any atom is 0.234 e. The smallest absolute Gasteiger partial charge is 0.234 e. The predicted octanol–water partition coefficient (Wildman–Crippen LogP) is 0.969. The Morgan fingerprint density at radius 3 is 3.04 bits per heavy atom. The van der Waals surface area contributed by atoms with Crippen LogP contribution >= 0.6 is 0 Å². The molecule has 0 aliphatic carbocycles. The highest BCUT2D eigenvalue weighted by atomic mass is 32.2. The van der Waals surface area contributed by atoms with Crippen LogP contribution in [0.4, 0.5) is 0 Å². The van der Waals surface area contributed by atoms with Crippen LogP contribution in [0.1, 0.15) is 30.2 Å². The fourth-order valence-corrected chi connectivity index (χ4v) is 4.05. The van der Waals surface area contributed by atoms with Gasteiger partial charge in [-0.2, -0.15) is 0 Å². The fraction of sp³-hybridized carbons (Fsp3) is 0.471. The fourth-order valence-electron chi connectivity index (χ4n) is 3.20. The van der Waals surface area contributed by atoms with Crippen molar-refractivity contribution in [1.82, 2.24) is 20.2 Å². The molecule has 3 heterocycles. The monoisotopic (exact) mass is 378 g/mol. The third kappa shape index (κ3) is 4.67. The minimum atomic E-state index is -3.39. The first kappa shape index (κ1) is 18.5. The number of furan rings is 1. The first-order chi connectivity index (χ1) is 12.4. The van der Waals surface area contributed by atoms with Crippen LogP contribution < -0.4 is 5.32 Å². The van der Waals surface area contributed by atoms with Gasteiger partial charge in [0.25, 0.3) is 0 Å². The van der Waals surface area contributed by atoms with Gasteiger partial charge >= 0.3 is 0 Å². The van der Waals surface area contributed by atoms with Crippen LogP contribution in [0, 0.1) is 0 Å². The van der Waals surface area contributed by atoms with Crippen LogP contribution in [-0.2, 0) is 21.2 Å². The average Bonchev–Trinajstić information content (AvgIpc) is 3.13. The first-order valence-corrected chi connectivity index (χ1v) is 10.3. The molecule has 0 radical (unpaired) electrons. The second kappa shape index (κ2) is 7.96. The molecule has 0 bridgehead atoms. The van der Waals surface area contributed by atoms with Gasteiger partial charge in [0.15, 0.2) is 9.84 Å². The lowest BCUT2D eigenvalue weighted by atomic mass is 9.94. The number of sulfone groups is 1. The number of aromatic nitrogens is 2. The molecular formula is C17H22N4O4S. The van der Waals surface area contributed by atoms with E-state index in [-0.39, 0.29) is 23.3 Å². The number of amides is 1. The van der Waals surface area contributed by atoms with Gasteiger partial charge in [0, 0.05) is 24.9 Å². The second-order valence-electron chi connectivity index (χ2n) is 6.47. The summed E-state index contributed by atoms with van der Waals surface area (Å²) in [5, 5.41) is 2.83. The van der Waals surface area contributed by atoms with Gasteiger partial charge in [-0.1, -0.05) is 0 Å². The minimum Gasteiger partial charge on any atom is -0.467 e. The number of carbonyl (C=O) groups excluding carboxylic acids is 1. The largest absolute Gasteiger partial charge is 0.467 e. The number of piperidine rings is 1. The van der Waals surface area contributed by atoms with Crippen LogP contribution in [0.2, 0.25) is 0 Å². The van der Waals surface area contributed by atoms with Gasteiger partial charge in [-0.3, -0.25) is 9.69 Å². The van der Waals surface area contributed by atoms with Gasteiger partial charge in [-0.25, -0.2) is 18.4 Å². The summed E-state index contributed by atoms with van der Waals surface area (Å²) in [6.07, 6.45) is 7.18. The van der Waals surface area contributed by atoms with E-state index >= 15 is 0 Å². The molecule has 2 aromatic rings. The number of hydrogen-bond donors (Lipinski definition) is 1. The lowest BCUT2D eigenvalue weighted by Crippen LogP contribution is -2.42. The molecule has 0 unspecified atom stereocenters. The zero-order valence-electron chi connectivity index (χ0n) is 14.6. The lowest BCUT2D eigenvalue weighted by molar-refractivity contribution is -0.122. The second-order valence-corrected chi connectivity index (χ2v) is 8.46. The highest BCUT2D eigenvalue weighted by molar-refractivity contribution is 7.90. The summed E-state index contributed by atoms with van der Waals surface area (Å²) >= 11 is 0. The van der Waals surface area contributed by atoms with Crippen molar-refractivity contribution in [2.24, 2.45) is 0 Å². The van der Waals surface area contributed by atoms with Crippen molar-refractivity contribution in [3.05, 3.63) is 42.4 Å². The maximum absolute atomic E-state index is 12.2. The van der Waals surface area contributed by atoms with Crippen LogP contribution in [0.3, 0.4) is 0 Å². The summed E-state index contributed by atoms with van der Waals surface area (Å²) in [5.74, 6) is 0.580. The van der Waals surface area contributed by atoms with E-state index in [9.17, 15) is 13.2 Å². The number of hydrogen-bond acceptors (Lipinski definition) is 7. The van der Waals surface area contributed by atoms with E-state index in [4.69, 9.17) is 4.42 Å². The van der Waals surface area contributed by atoms with Crippen LogP contribution in [0.15, 0.2) is 40.2 Å². The van der Waals surface area contributed by atoms with E-state index in [2.05, 4.69) is 15.3 Å². The van der Waals surface area contributed by atoms with E-state index in [0.717, 1.165) is 25.6 Å².